The Balaban J connectivity index is 1.52. The van der Waals surface area contributed by atoms with Gasteiger partial charge in [0.25, 0.3) is 5.56 Å². The van der Waals surface area contributed by atoms with E-state index in [9.17, 15) is 4.79 Å². The molecule has 0 spiro atoms. The van der Waals surface area contributed by atoms with Gasteiger partial charge in [-0.1, -0.05) is 41.6 Å². The lowest BCUT2D eigenvalue weighted by Gasteiger charge is -2.16. The molecule has 4 heterocycles. The third-order valence-corrected chi connectivity index (χ3v) is 7.94. The highest BCUT2D eigenvalue weighted by Crippen LogP contribution is 2.38. The van der Waals surface area contributed by atoms with E-state index in [0.29, 0.717) is 28.5 Å². The Morgan fingerprint density at radius 3 is 2.93 bits per heavy atom. The van der Waals surface area contributed by atoms with E-state index in [1.165, 1.54) is 11.8 Å². The van der Waals surface area contributed by atoms with E-state index >= 15 is 0 Å². The molecular weight excluding hydrogens is 426 g/mol. The standard InChI is InChI=1S/C21H18ClN3O2S2/c22-18-14-6-1-2-8-16(14)29-17(18)12-28-21-24-19-15(7-3-9-23-19)20(26)25(21)11-13-5-4-10-27-13/h1-3,6-9,13H,4-5,10-12H2. The van der Waals surface area contributed by atoms with Gasteiger partial charge in [0.15, 0.2) is 10.8 Å². The number of thioether (sulfide) groups is 1. The molecule has 1 unspecified atom stereocenters. The van der Waals surface area contributed by atoms with Gasteiger partial charge in [-0.25, -0.2) is 9.97 Å². The van der Waals surface area contributed by atoms with Crippen molar-refractivity contribution in [3.8, 4) is 0 Å². The van der Waals surface area contributed by atoms with Gasteiger partial charge in [-0.05, 0) is 31.0 Å². The van der Waals surface area contributed by atoms with Crippen LogP contribution in [0.5, 0.6) is 0 Å². The van der Waals surface area contributed by atoms with Gasteiger partial charge in [0.2, 0.25) is 0 Å². The maximum absolute atomic E-state index is 13.1. The predicted molar refractivity (Wildman–Crippen MR) is 119 cm³/mol. The third-order valence-electron chi connectivity index (χ3n) is 5.04. The summed E-state index contributed by atoms with van der Waals surface area (Å²) >= 11 is 9.81. The van der Waals surface area contributed by atoms with Crippen LogP contribution in [0, 0.1) is 0 Å². The Labute approximate surface area is 180 Å². The Morgan fingerprint density at radius 2 is 2.10 bits per heavy atom. The summed E-state index contributed by atoms with van der Waals surface area (Å²) in [6, 6.07) is 11.7. The number of hydrogen-bond donors (Lipinski definition) is 0. The molecule has 1 atom stereocenters. The van der Waals surface area contributed by atoms with E-state index in [2.05, 4.69) is 11.1 Å². The highest BCUT2D eigenvalue weighted by Gasteiger charge is 2.21. The van der Waals surface area contributed by atoms with Gasteiger partial charge in [-0.3, -0.25) is 9.36 Å². The van der Waals surface area contributed by atoms with Crippen molar-refractivity contribution >= 4 is 55.8 Å². The SMILES string of the molecule is O=c1c2cccnc2nc(SCc2sc3ccccc3c2Cl)n1CC1CCCO1. The first kappa shape index (κ1) is 19.1. The van der Waals surface area contributed by atoms with Crippen molar-refractivity contribution in [2.45, 2.75) is 36.4 Å². The van der Waals surface area contributed by atoms with Crippen LogP contribution in [-0.2, 0) is 17.0 Å². The number of rotatable bonds is 5. The number of benzene rings is 1. The second-order valence-electron chi connectivity index (χ2n) is 6.94. The first-order valence-corrected chi connectivity index (χ1v) is 11.6. The van der Waals surface area contributed by atoms with Crippen LogP contribution in [0.15, 0.2) is 52.5 Å². The fourth-order valence-corrected chi connectivity index (χ4v) is 6.24. The van der Waals surface area contributed by atoms with E-state index in [1.54, 1.807) is 34.2 Å². The lowest BCUT2D eigenvalue weighted by Crippen LogP contribution is -2.29. The second kappa shape index (κ2) is 8.07. The highest BCUT2D eigenvalue weighted by atomic mass is 35.5. The molecule has 0 aliphatic carbocycles. The molecular formula is C21H18ClN3O2S2. The van der Waals surface area contributed by atoms with Crippen LogP contribution < -0.4 is 5.56 Å². The van der Waals surface area contributed by atoms with E-state index in [4.69, 9.17) is 21.3 Å². The van der Waals surface area contributed by atoms with Crippen molar-refractivity contribution in [1.82, 2.24) is 14.5 Å². The first-order valence-electron chi connectivity index (χ1n) is 9.46. The first-order chi connectivity index (χ1) is 14.2. The molecule has 1 aromatic carbocycles. The summed E-state index contributed by atoms with van der Waals surface area (Å²) in [5.41, 5.74) is 0.412. The summed E-state index contributed by atoms with van der Waals surface area (Å²) in [6.07, 6.45) is 3.71. The number of pyridine rings is 1. The minimum absolute atomic E-state index is 0.0517. The minimum Gasteiger partial charge on any atom is -0.376 e. The Kier molecular flexibility index (Phi) is 5.30. The quantitative estimate of drug-likeness (QED) is 0.316. The van der Waals surface area contributed by atoms with Crippen molar-refractivity contribution in [3.05, 3.63) is 62.8 Å². The summed E-state index contributed by atoms with van der Waals surface area (Å²) in [5, 5.41) is 3.05. The molecule has 0 amide bonds. The molecule has 3 aromatic heterocycles. The topological polar surface area (TPSA) is 57.0 Å². The largest absolute Gasteiger partial charge is 0.376 e. The zero-order valence-electron chi connectivity index (χ0n) is 15.5. The molecule has 5 rings (SSSR count). The fourth-order valence-electron chi connectivity index (χ4n) is 3.59. The smallest absolute Gasteiger partial charge is 0.263 e. The van der Waals surface area contributed by atoms with Gasteiger partial charge >= 0.3 is 0 Å². The number of ether oxygens (including phenoxy) is 1. The van der Waals surface area contributed by atoms with Gasteiger partial charge in [-0.2, -0.15) is 0 Å². The van der Waals surface area contributed by atoms with Gasteiger partial charge in [0, 0.05) is 33.5 Å². The maximum Gasteiger partial charge on any atom is 0.263 e. The molecule has 4 aromatic rings. The lowest BCUT2D eigenvalue weighted by atomic mass is 10.2. The number of thiophene rings is 1. The minimum atomic E-state index is -0.0662. The monoisotopic (exact) mass is 443 g/mol. The number of fused-ring (bicyclic) bond motifs is 2. The van der Waals surface area contributed by atoms with Gasteiger partial charge < -0.3 is 4.74 Å². The highest BCUT2D eigenvalue weighted by molar-refractivity contribution is 7.98. The van der Waals surface area contributed by atoms with Crippen molar-refractivity contribution in [2.75, 3.05) is 6.61 Å². The zero-order valence-corrected chi connectivity index (χ0v) is 17.9. The summed E-state index contributed by atoms with van der Waals surface area (Å²) in [4.78, 5) is 23.2. The van der Waals surface area contributed by atoms with E-state index in [-0.39, 0.29) is 11.7 Å². The normalized spacial score (nSPS) is 16.8. The Bertz CT molecular complexity index is 1250. The maximum atomic E-state index is 13.1. The van der Waals surface area contributed by atoms with E-state index in [0.717, 1.165) is 39.4 Å². The molecule has 0 saturated carbocycles. The summed E-state index contributed by atoms with van der Waals surface area (Å²) in [7, 11) is 0. The number of hydrogen-bond acceptors (Lipinski definition) is 6. The molecule has 148 valence electrons. The fraction of sp³-hybridized carbons (Fsp3) is 0.286. The van der Waals surface area contributed by atoms with Crippen molar-refractivity contribution in [2.24, 2.45) is 0 Å². The molecule has 5 nitrogen and oxygen atoms in total. The van der Waals surface area contributed by atoms with Crippen LogP contribution in [0.4, 0.5) is 0 Å². The average molecular weight is 444 g/mol. The Hall–Kier alpha value is -1.93. The lowest BCUT2D eigenvalue weighted by molar-refractivity contribution is 0.0937. The molecule has 1 aliphatic rings. The van der Waals surface area contributed by atoms with Crippen molar-refractivity contribution in [3.63, 3.8) is 0 Å². The van der Waals surface area contributed by atoms with Crippen LogP contribution in [0.25, 0.3) is 21.1 Å². The molecule has 1 aliphatic heterocycles. The van der Waals surface area contributed by atoms with Crippen LogP contribution in [0.3, 0.4) is 0 Å². The summed E-state index contributed by atoms with van der Waals surface area (Å²) < 4.78 is 8.68. The average Bonchev–Trinajstić information content (AvgIpc) is 3.37. The number of nitrogens with zero attached hydrogens (tertiary/aromatic N) is 3. The molecule has 0 radical (unpaired) electrons. The van der Waals surface area contributed by atoms with Crippen LogP contribution in [-0.4, -0.2) is 27.2 Å². The van der Waals surface area contributed by atoms with Crippen LogP contribution >= 0.6 is 34.7 Å². The molecule has 0 N–H and O–H groups in total. The third kappa shape index (κ3) is 3.68. The van der Waals surface area contributed by atoms with Crippen molar-refractivity contribution in [1.29, 1.82) is 0 Å². The van der Waals surface area contributed by atoms with Crippen LogP contribution in [0.2, 0.25) is 5.02 Å². The molecule has 1 saturated heterocycles. The van der Waals surface area contributed by atoms with Gasteiger partial charge in [-0.15, -0.1) is 11.3 Å². The van der Waals surface area contributed by atoms with E-state index < -0.39 is 0 Å². The second-order valence-corrected chi connectivity index (χ2v) is 9.40. The number of aromatic nitrogens is 3. The van der Waals surface area contributed by atoms with Gasteiger partial charge in [0.1, 0.15) is 0 Å². The summed E-state index contributed by atoms with van der Waals surface area (Å²) in [6.45, 7) is 1.26. The van der Waals surface area contributed by atoms with E-state index in [1.807, 2.05) is 18.2 Å². The molecule has 0 bridgehead atoms. The molecule has 8 heteroatoms. The zero-order chi connectivity index (χ0) is 19.8. The van der Waals surface area contributed by atoms with Gasteiger partial charge in [0.05, 0.1) is 23.1 Å². The molecule has 29 heavy (non-hydrogen) atoms. The number of halogens is 1. The predicted octanol–water partition coefficient (Wildman–Crippen LogP) is 5.13. The summed E-state index contributed by atoms with van der Waals surface area (Å²) in [5.74, 6) is 0.647. The van der Waals surface area contributed by atoms with Crippen molar-refractivity contribution < 1.29 is 4.74 Å². The molecule has 1 fully saturated rings. The van der Waals surface area contributed by atoms with Crippen LogP contribution in [0.1, 0.15) is 17.7 Å². The Morgan fingerprint density at radius 1 is 1.24 bits per heavy atom.